The summed E-state index contributed by atoms with van der Waals surface area (Å²) in [6.45, 7) is 1.26. The fourth-order valence-electron chi connectivity index (χ4n) is 3.82. The lowest BCUT2D eigenvalue weighted by Gasteiger charge is -2.34. The van der Waals surface area contributed by atoms with Gasteiger partial charge in [-0.25, -0.2) is 0 Å². The molecule has 0 aliphatic carbocycles. The molecule has 1 aromatic heterocycles. The van der Waals surface area contributed by atoms with E-state index in [1.54, 1.807) is 18.3 Å². The van der Waals surface area contributed by atoms with Gasteiger partial charge >= 0.3 is 0 Å². The first-order valence-corrected chi connectivity index (χ1v) is 9.58. The SMILES string of the molecule is O=C(c1ccc(Cl)c2cccnc12)N1CCC(C(O)c2ccccc2)CC1. The second-order valence-electron chi connectivity index (χ2n) is 6.98. The van der Waals surface area contributed by atoms with Gasteiger partial charge in [-0.05, 0) is 48.6 Å². The Labute approximate surface area is 163 Å². The number of fused-ring (bicyclic) bond motifs is 1. The van der Waals surface area contributed by atoms with Crippen LogP contribution in [-0.2, 0) is 0 Å². The molecule has 0 spiro atoms. The highest BCUT2D eigenvalue weighted by atomic mass is 35.5. The van der Waals surface area contributed by atoms with Crippen molar-refractivity contribution in [1.29, 1.82) is 0 Å². The minimum Gasteiger partial charge on any atom is -0.388 e. The van der Waals surface area contributed by atoms with Crippen LogP contribution in [-0.4, -0.2) is 34.0 Å². The summed E-state index contributed by atoms with van der Waals surface area (Å²) in [5.74, 6) is 0.138. The maximum atomic E-state index is 13.1. The van der Waals surface area contributed by atoms with Crippen molar-refractivity contribution in [3.63, 3.8) is 0 Å². The molecular weight excluding hydrogens is 360 g/mol. The molecule has 2 heterocycles. The van der Waals surface area contributed by atoms with Crippen LogP contribution in [0.3, 0.4) is 0 Å². The molecule has 1 atom stereocenters. The van der Waals surface area contributed by atoms with Gasteiger partial charge in [0, 0.05) is 24.7 Å². The minimum atomic E-state index is -0.485. The van der Waals surface area contributed by atoms with E-state index in [9.17, 15) is 9.90 Å². The minimum absolute atomic E-state index is 0.0250. The predicted molar refractivity (Wildman–Crippen MR) is 107 cm³/mol. The molecule has 1 unspecified atom stereocenters. The molecule has 4 nitrogen and oxygen atoms in total. The number of carbonyl (C=O) groups is 1. The lowest BCUT2D eigenvalue weighted by Crippen LogP contribution is -2.39. The number of benzene rings is 2. The Bertz CT molecular complexity index is 953. The number of aliphatic hydroxyl groups is 1. The molecule has 27 heavy (non-hydrogen) atoms. The third-order valence-electron chi connectivity index (χ3n) is 5.36. The van der Waals surface area contributed by atoms with Gasteiger partial charge in [0.15, 0.2) is 0 Å². The fourth-order valence-corrected chi connectivity index (χ4v) is 4.04. The zero-order valence-electron chi connectivity index (χ0n) is 14.9. The van der Waals surface area contributed by atoms with E-state index < -0.39 is 6.10 Å². The van der Waals surface area contributed by atoms with E-state index in [1.165, 1.54) is 0 Å². The molecule has 138 valence electrons. The molecule has 0 radical (unpaired) electrons. The van der Waals surface area contributed by atoms with E-state index in [0.29, 0.717) is 29.2 Å². The van der Waals surface area contributed by atoms with Crippen molar-refractivity contribution in [2.24, 2.45) is 5.92 Å². The van der Waals surface area contributed by atoms with Crippen LogP contribution in [0.1, 0.15) is 34.9 Å². The van der Waals surface area contributed by atoms with Crippen molar-refractivity contribution in [3.8, 4) is 0 Å². The number of amides is 1. The van der Waals surface area contributed by atoms with Gasteiger partial charge in [0.05, 0.1) is 22.2 Å². The molecule has 2 aromatic carbocycles. The van der Waals surface area contributed by atoms with Crippen molar-refractivity contribution in [2.45, 2.75) is 18.9 Å². The van der Waals surface area contributed by atoms with Crippen molar-refractivity contribution < 1.29 is 9.90 Å². The number of piperidine rings is 1. The Kier molecular flexibility index (Phi) is 5.10. The molecule has 0 bridgehead atoms. The van der Waals surface area contributed by atoms with Gasteiger partial charge in [-0.3, -0.25) is 9.78 Å². The van der Waals surface area contributed by atoms with E-state index >= 15 is 0 Å². The van der Waals surface area contributed by atoms with Crippen molar-refractivity contribution in [3.05, 3.63) is 76.9 Å². The van der Waals surface area contributed by atoms with Crippen molar-refractivity contribution in [1.82, 2.24) is 9.88 Å². The zero-order chi connectivity index (χ0) is 18.8. The van der Waals surface area contributed by atoms with Crippen molar-refractivity contribution in [2.75, 3.05) is 13.1 Å². The molecule has 5 heteroatoms. The number of hydrogen-bond acceptors (Lipinski definition) is 3. The number of carbonyl (C=O) groups excluding carboxylic acids is 1. The molecular formula is C22H21ClN2O2. The summed E-state index contributed by atoms with van der Waals surface area (Å²) in [4.78, 5) is 19.3. The fraction of sp³-hybridized carbons (Fsp3) is 0.273. The number of nitrogens with zero attached hydrogens (tertiary/aromatic N) is 2. The van der Waals surface area contributed by atoms with Gasteiger partial charge in [-0.2, -0.15) is 0 Å². The van der Waals surface area contributed by atoms with Gasteiger partial charge in [0.25, 0.3) is 5.91 Å². The lowest BCUT2D eigenvalue weighted by molar-refractivity contribution is 0.0463. The predicted octanol–water partition coefficient (Wildman–Crippen LogP) is 4.47. The van der Waals surface area contributed by atoms with Gasteiger partial charge < -0.3 is 10.0 Å². The molecule has 1 N–H and O–H groups in total. The number of likely N-dealkylation sites (tertiary alicyclic amines) is 1. The first kappa shape index (κ1) is 18.0. The molecule has 3 aromatic rings. The van der Waals surface area contributed by atoms with Crippen LogP contribution in [0.2, 0.25) is 5.02 Å². The van der Waals surface area contributed by atoms with Crippen molar-refractivity contribution >= 4 is 28.4 Å². The Hall–Kier alpha value is -2.43. The number of aliphatic hydroxyl groups excluding tert-OH is 1. The smallest absolute Gasteiger partial charge is 0.256 e. The van der Waals surface area contributed by atoms with Crippen LogP contribution in [0.4, 0.5) is 0 Å². The second kappa shape index (κ2) is 7.67. The van der Waals surface area contributed by atoms with E-state index in [-0.39, 0.29) is 11.8 Å². The van der Waals surface area contributed by atoms with Crippen LogP contribution >= 0.6 is 11.6 Å². The largest absolute Gasteiger partial charge is 0.388 e. The Morgan fingerprint density at radius 1 is 1.07 bits per heavy atom. The maximum Gasteiger partial charge on any atom is 0.256 e. The Morgan fingerprint density at radius 3 is 2.56 bits per heavy atom. The molecule has 1 aliphatic heterocycles. The Balaban J connectivity index is 1.49. The number of halogens is 1. The first-order chi connectivity index (χ1) is 13.1. The lowest BCUT2D eigenvalue weighted by atomic mass is 9.87. The highest BCUT2D eigenvalue weighted by molar-refractivity contribution is 6.36. The van der Waals surface area contributed by atoms with E-state index in [4.69, 9.17) is 11.6 Å². The third kappa shape index (κ3) is 3.55. The summed E-state index contributed by atoms with van der Waals surface area (Å²) in [6.07, 6.45) is 2.75. The molecule has 1 fully saturated rings. The van der Waals surface area contributed by atoms with E-state index in [1.807, 2.05) is 47.4 Å². The zero-order valence-corrected chi connectivity index (χ0v) is 15.6. The summed E-state index contributed by atoms with van der Waals surface area (Å²) in [7, 11) is 0. The monoisotopic (exact) mass is 380 g/mol. The highest BCUT2D eigenvalue weighted by Gasteiger charge is 2.29. The Morgan fingerprint density at radius 2 is 1.81 bits per heavy atom. The summed E-state index contributed by atoms with van der Waals surface area (Å²) in [5.41, 5.74) is 2.16. The maximum absolute atomic E-state index is 13.1. The summed E-state index contributed by atoms with van der Waals surface area (Å²) in [5, 5.41) is 12.0. The average molecular weight is 381 g/mol. The summed E-state index contributed by atoms with van der Waals surface area (Å²) < 4.78 is 0. The topological polar surface area (TPSA) is 53.4 Å². The number of hydrogen-bond donors (Lipinski definition) is 1. The van der Waals surface area contributed by atoms with Gasteiger partial charge in [-0.1, -0.05) is 41.9 Å². The molecule has 1 aliphatic rings. The van der Waals surface area contributed by atoms with Crippen LogP contribution in [0.15, 0.2) is 60.8 Å². The van der Waals surface area contributed by atoms with Crippen LogP contribution < -0.4 is 0 Å². The summed E-state index contributed by atoms with van der Waals surface area (Å²) in [6, 6.07) is 16.9. The number of rotatable bonds is 3. The van der Waals surface area contributed by atoms with Gasteiger partial charge in [0.2, 0.25) is 0 Å². The average Bonchev–Trinajstić information content (AvgIpc) is 2.74. The van der Waals surface area contributed by atoms with Crippen LogP contribution in [0.5, 0.6) is 0 Å². The van der Waals surface area contributed by atoms with Gasteiger partial charge in [0.1, 0.15) is 0 Å². The molecule has 1 amide bonds. The highest BCUT2D eigenvalue weighted by Crippen LogP contribution is 2.32. The summed E-state index contributed by atoms with van der Waals surface area (Å²) >= 11 is 6.24. The molecule has 1 saturated heterocycles. The van der Waals surface area contributed by atoms with Crippen LogP contribution in [0.25, 0.3) is 10.9 Å². The van der Waals surface area contributed by atoms with Gasteiger partial charge in [-0.15, -0.1) is 0 Å². The second-order valence-corrected chi connectivity index (χ2v) is 7.39. The molecule has 4 rings (SSSR count). The van der Waals surface area contributed by atoms with Crippen LogP contribution in [0, 0.1) is 5.92 Å². The quantitative estimate of drug-likeness (QED) is 0.729. The van der Waals surface area contributed by atoms with E-state index in [2.05, 4.69) is 4.98 Å². The normalized spacial score (nSPS) is 16.4. The standard InChI is InChI=1S/C22H21ClN2O2/c23-19-9-8-18(20-17(19)7-4-12-24-20)22(27)25-13-10-16(11-14-25)21(26)15-5-2-1-3-6-15/h1-9,12,16,21,26H,10-11,13-14H2. The third-order valence-corrected chi connectivity index (χ3v) is 5.69. The number of aromatic nitrogens is 1. The number of pyridine rings is 1. The molecule has 0 saturated carbocycles. The van der Waals surface area contributed by atoms with E-state index in [0.717, 1.165) is 23.8 Å². The first-order valence-electron chi connectivity index (χ1n) is 9.20.